The van der Waals surface area contributed by atoms with E-state index in [9.17, 15) is 0 Å². The van der Waals surface area contributed by atoms with Gasteiger partial charge in [-0.05, 0) is 13.0 Å². The second-order valence-corrected chi connectivity index (χ2v) is 4.02. The number of rotatable bonds is 2. The Kier molecular flexibility index (Phi) is 2.42. The Bertz CT molecular complexity index is 794. The lowest BCUT2D eigenvalue weighted by Crippen LogP contribution is -1.95. The maximum Gasteiger partial charge on any atom is 0.146 e. The van der Waals surface area contributed by atoms with E-state index in [1.807, 2.05) is 13.0 Å². The summed E-state index contributed by atoms with van der Waals surface area (Å²) in [5.41, 5.74) is 3.46. The number of methoxy groups -OCH3 is 1. The smallest absolute Gasteiger partial charge is 0.146 e. The summed E-state index contributed by atoms with van der Waals surface area (Å²) in [5.74, 6) is 0.578. The van der Waals surface area contributed by atoms with Crippen molar-refractivity contribution in [2.75, 3.05) is 7.11 Å². The normalized spacial score (nSPS) is 10.6. The molecule has 0 atom stereocenters. The van der Waals surface area contributed by atoms with E-state index in [0.29, 0.717) is 16.8 Å². The van der Waals surface area contributed by atoms with Gasteiger partial charge in [0.2, 0.25) is 0 Å². The number of ether oxygens (including phenoxy) is 1. The highest BCUT2D eigenvalue weighted by Crippen LogP contribution is 2.29. The molecule has 0 fully saturated rings. The highest BCUT2D eigenvalue weighted by atomic mass is 16.5. The van der Waals surface area contributed by atoms with Gasteiger partial charge in [0.1, 0.15) is 28.6 Å². The third-order valence-corrected chi connectivity index (χ3v) is 2.91. The van der Waals surface area contributed by atoms with Crippen LogP contribution in [-0.2, 0) is 0 Å². The van der Waals surface area contributed by atoms with E-state index < -0.39 is 0 Å². The van der Waals surface area contributed by atoms with E-state index in [1.165, 1.54) is 6.20 Å². The molecule has 7 nitrogen and oxygen atoms in total. The molecule has 3 heterocycles. The molecule has 0 saturated carbocycles. The van der Waals surface area contributed by atoms with Crippen molar-refractivity contribution in [1.29, 1.82) is 5.26 Å². The van der Waals surface area contributed by atoms with Gasteiger partial charge in [-0.3, -0.25) is 0 Å². The van der Waals surface area contributed by atoms with Crippen molar-refractivity contribution in [3.05, 3.63) is 29.7 Å². The average molecular weight is 254 g/mol. The summed E-state index contributed by atoms with van der Waals surface area (Å²) in [4.78, 5) is 0. The van der Waals surface area contributed by atoms with Gasteiger partial charge in [-0.15, -0.1) is 0 Å². The number of H-pyrrole nitrogens is 1. The maximum absolute atomic E-state index is 9.06. The van der Waals surface area contributed by atoms with E-state index in [1.54, 1.807) is 17.8 Å². The Hall–Kier alpha value is -2.88. The van der Waals surface area contributed by atoms with Gasteiger partial charge in [-0.25, -0.2) is 4.52 Å². The van der Waals surface area contributed by atoms with E-state index in [2.05, 4.69) is 26.6 Å². The SMILES string of the molecule is COc1cc(-c2n[nH]nc2C)cn2ncc(C#N)c12. The predicted molar refractivity (Wildman–Crippen MR) is 66.6 cm³/mol. The van der Waals surface area contributed by atoms with Crippen molar-refractivity contribution in [1.82, 2.24) is 25.0 Å². The van der Waals surface area contributed by atoms with Crippen molar-refractivity contribution in [3.8, 4) is 23.1 Å². The van der Waals surface area contributed by atoms with Crippen LogP contribution in [0.2, 0.25) is 0 Å². The molecule has 0 aliphatic carbocycles. The summed E-state index contributed by atoms with van der Waals surface area (Å²) < 4.78 is 6.95. The first-order valence-electron chi connectivity index (χ1n) is 5.58. The van der Waals surface area contributed by atoms with Crippen molar-refractivity contribution in [3.63, 3.8) is 0 Å². The minimum atomic E-state index is 0.472. The van der Waals surface area contributed by atoms with Gasteiger partial charge in [0.25, 0.3) is 0 Å². The molecule has 3 aromatic heterocycles. The van der Waals surface area contributed by atoms with Gasteiger partial charge in [-0.1, -0.05) is 0 Å². The molecular weight excluding hydrogens is 244 g/mol. The molecule has 0 radical (unpaired) electrons. The Balaban J connectivity index is 2.31. The number of nitrogens with one attached hydrogen (secondary N) is 1. The van der Waals surface area contributed by atoms with Gasteiger partial charge < -0.3 is 4.74 Å². The van der Waals surface area contributed by atoms with Crippen LogP contribution in [0.15, 0.2) is 18.5 Å². The molecule has 0 bridgehead atoms. The number of pyridine rings is 1. The van der Waals surface area contributed by atoms with Crippen LogP contribution in [0, 0.1) is 18.3 Å². The monoisotopic (exact) mass is 254 g/mol. The molecule has 0 aliphatic heterocycles. The number of nitrogens with zero attached hydrogens (tertiary/aromatic N) is 5. The summed E-state index contributed by atoms with van der Waals surface area (Å²) in [6.45, 7) is 1.86. The van der Waals surface area contributed by atoms with Crippen molar-refractivity contribution >= 4 is 5.52 Å². The number of aromatic amines is 1. The van der Waals surface area contributed by atoms with Gasteiger partial charge in [-0.2, -0.15) is 25.8 Å². The van der Waals surface area contributed by atoms with Gasteiger partial charge in [0.05, 0.1) is 19.0 Å². The quantitative estimate of drug-likeness (QED) is 0.744. The molecule has 0 aliphatic rings. The fourth-order valence-electron chi connectivity index (χ4n) is 2.01. The standard InChI is InChI=1S/C12H10N6O/c1-7-11(16-17-15-7)8-3-10(19-2)12-9(4-13)5-14-18(12)6-8/h3,5-6H,1-2H3,(H,15,16,17). The molecule has 1 N–H and O–H groups in total. The zero-order valence-corrected chi connectivity index (χ0v) is 10.4. The Morgan fingerprint density at radius 3 is 2.89 bits per heavy atom. The lowest BCUT2D eigenvalue weighted by Gasteiger charge is -2.06. The van der Waals surface area contributed by atoms with Crippen LogP contribution in [-0.4, -0.2) is 32.1 Å². The molecule has 0 spiro atoms. The first-order valence-corrected chi connectivity index (χ1v) is 5.58. The van der Waals surface area contributed by atoms with Crippen LogP contribution >= 0.6 is 0 Å². The van der Waals surface area contributed by atoms with Gasteiger partial charge in [0, 0.05) is 11.8 Å². The van der Waals surface area contributed by atoms with Crippen LogP contribution in [0.3, 0.4) is 0 Å². The van der Waals surface area contributed by atoms with Crippen molar-refractivity contribution in [2.45, 2.75) is 6.92 Å². The first-order chi connectivity index (χ1) is 9.24. The van der Waals surface area contributed by atoms with Crippen LogP contribution < -0.4 is 4.74 Å². The number of fused-ring (bicyclic) bond motifs is 1. The van der Waals surface area contributed by atoms with Crippen LogP contribution in [0.25, 0.3) is 16.8 Å². The summed E-state index contributed by atoms with van der Waals surface area (Å²) in [7, 11) is 1.56. The molecule has 19 heavy (non-hydrogen) atoms. The fraction of sp³-hybridized carbons (Fsp3) is 0.167. The number of hydrogen-bond acceptors (Lipinski definition) is 5. The van der Waals surface area contributed by atoms with Crippen molar-refractivity contribution < 1.29 is 4.74 Å². The molecule has 94 valence electrons. The minimum Gasteiger partial charge on any atom is -0.494 e. The summed E-state index contributed by atoms with van der Waals surface area (Å²) in [5, 5.41) is 23.9. The molecule has 0 saturated heterocycles. The second kappa shape index (κ2) is 4.10. The zero-order chi connectivity index (χ0) is 13.4. The largest absolute Gasteiger partial charge is 0.494 e. The molecule has 3 aromatic rings. The number of hydrogen-bond donors (Lipinski definition) is 1. The third-order valence-electron chi connectivity index (χ3n) is 2.91. The number of aromatic nitrogens is 5. The highest BCUT2D eigenvalue weighted by Gasteiger charge is 2.14. The van der Waals surface area contributed by atoms with E-state index in [-0.39, 0.29) is 0 Å². The number of nitriles is 1. The molecule has 0 aromatic carbocycles. The lowest BCUT2D eigenvalue weighted by atomic mass is 10.1. The molecular formula is C12H10N6O. The summed E-state index contributed by atoms with van der Waals surface area (Å²) in [6, 6.07) is 3.91. The summed E-state index contributed by atoms with van der Waals surface area (Å²) in [6.07, 6.45) is 3.31. The second-order valence-electron chi connectivity index (χ2n) is 4.02. The van der Waals surface area contributed by atoms with E-state index in [0.717, 1.165) is 17.0 Å². The molecule has 0 amide bonds. The van der Waals surface area contributed by atoms with Crippen molar-refractivity contribution in [2.24, 2.45) is 0 Å². The van der Waals surface area contributed by atoms with Gasteiger partial charge >= 0.3 is 0 Å². The van der Waals surface area contributed by atoms with E-state index >= 15 is 0 Å². The predicted octanol–water partition coefficient (Wildman–Crippen LogP) is 1.31. The Morgan fingerprint density at radius 1 is 1.42 bits per heavy atom. The summed E-state index contributed by atoms with van der Waals surface area (Å²) >= 11 is 0. The molecule has 0 unspecified atom stereocenters. The Labute approximate surface area is 108 Å². The highest BCUT2D eigenvalue weighted by molar-refractivity contribution is 5.74. The van der Waals surface area contributed by atoms with Crippen LogP contribution in [0.4, 0.5) is 0 Å². The Morgan fingerprint density at radius 2 is 2.26 bits per heavy atom. The lowest BCUT2D eigenvalue weighted by molar-refractivity contribution is 0.417. The zero-order valence-electron chi connectivity index (χ0n) is 10.4. The van der Waals surface area contributed by atoms with Crippen LogP contribution in [0.5, 0.6) is 5.75 Å². The number of aryl methyl sites for hydroxylation is 1. The van der Waals surface area contributed by atoms with Gasteiger partial charge in [0.15, 0.2) is 0 Å². The first kappa shape index (κ1) is 11.2. The molecule has 3 rings (SSSR count). The third kappa shape index (κ3) is 1.62. The van der Waals surface area contributed by atoms with Crippen LogP contribution in [0.1, 0.15) is 11.3 Å². The fourth-order valence-corrected chi connectivity index (χ4v) is 2.01. The average Bonchev–Trinajstić information content (AvgIpc) is 3.03. The van der Waals surface area contributed by atoms with E-state index in [4.69, 9.17) is 10.00 Å². The minimum absolute atomic E-state index is 0.472. The maximum atomic E-state index is 9.06. The topological polar surface area (TPSA) is 91.9 Å². The molecule has 7 heteroatoms.